The Bertz CT molecular complexity index is 2120. The topological polar surface area (TPSA) is 40.2 Å². The Kier molecular flexibility index (Phi) is 7.23. The Labute approximate surface area is 283 Å². The number of nitrogens with zero attached hydrogens (tertiary/aromatic N) is 1. The summed E-state index contributed by atoms with van der Waals surface area (Å²) in [6.07, 6.45) is -0.288. The lowest BCUT2D eigenvalue weighted by atomic mass is 9.76. The van der Waals surface area contributed by atoms with Crippen LogP contribution in [0.25, 0.3) is 28.0 Å². The molecule has 3 aliphatic rings. The van der Waals surface area contributed by atoms with Crippen molar-refractivity contribution in [2.75, 3.05) is 45.4 Å². The molecule has 0 spiro atoms. The second-order valence-electron chi connectivity index (χ2n) is 13.3. The van der Waals surface area contributed by atoms with Crippen LogP contribution in [0.1, 0.15) is 47.2 Å². The summed E-state index contributed by atoms with van der Waals surface area (Å²) in [5.74, 6) is 1.69. The maximum absolute atomic E-state index is 14.0. The third-order valence-electron chi connectivity index (χ3n) is 10.3. The lowest BCUT2D eigenvalue weighted by Gasteiger charge is -2.39. The summed E-state index contributed by atoms with van der Waals surface area (Å²) in [7, 11) is 3.17. The second kappa shape index (κ2) is 11.3. The minimum absolute atomic E-state index is 0.523. The Morgan fingerprint density at radius 2 is 1.43 bits per heavy atom. The normalized spacial score (nSPS) is 19.2. The molecule has 1 atom stereocenters. The maximum Gasteiger partial charge on any atom is 0.416 e. The van der Waals surface area contributed by atoms with Gasteiger partial charge in [0, 0.05) is 46.3 Å². The molecule has 0 amide bonds. The summed E-state index contributed by atoms with van der Waals surface area (Å²) >= 11 is 0. The standard InChI is InChI=1S/C41H36F3NO4/c1-39(2)33-22-27(41(42,43)44)12-15-29(33)36-31-23-34(46-3)35(47-4)24-32(31)38-30(37(36)39)16-17-40(49-38,25-8-6-5-7-9-25)26-10-13-28(14-11-26)45-18-20-48-21-19-45/h5-17,22-24H,18-21H2,1-4H3. The van der Waals surface area contributed by atoms with Gasteiger partial charge in [0.1, 0.15) is 5.75 Å². The zero-order chi connectivity index (χ0) is 34.1. The lowest BCUT2D eigenvalue weighted by Crippen LogP contribution is -2.37. The molecule has 8 rings (SSSR count). The van der Waals surface area contributed by atoms with Crippen LogP contribution in [-0.2, 0) is 21.9 Å². The molecule has 0 bridgehead atoms. The molecule has 8 heteroatoms. The van der Waals surface area contributed by atoms with Crippen LogP contribution in [0.15, 0.2) is 91.0 Å². The number of ether oxygens (including phenoxy) is 4. The number of hydrogen-bond donors (Lipinski definition) is 0. The van der Waals surface area contributed by atoms with Crippen LogP contribution in [0.2, 0.25) is 0 Å². The van der Waals surface area contributed by atoms with Crippen LogP contribution < -0.4 is 19.1 Å². The van der Waals surface area contributed by atoms with Gasteiger partial charge in [-0.2, -0.15) is 13.2 Å². The number of anilines is 1. The number of halogens is 3. The van der Waals surface area contributed by atoms with E-state index in [4.69, 9.17) is 18.9 Å². The summed E-state index contributed by atoms with van der Waals surface area (Å²) in [6, 6.07) is 26.5. The average Bonchev–Trinajstić information content (AvgIpc) is 3.37. The van der Waals surface area contributed by atoms with E-state index in [1.165, 1.54) is 12.1 Å². The second-order valence-corrected chi connectivity index (χ2v) is 13.3. The van der Waals surface area contributed by atoms with Crippen LogP contribution in [0.4, 0.5) is 18.9 Å². The summed E-state index contributed by atoms with van der Waals surface area (Å²) in [5, 5.41) is 1.60. The van der Waals surface area contributed by atoms with E-state index in [1.54, 1.807) is 20.3 Å². The summed E-state index contributed by atoms with van der Waals surface area (Å²) in [5.41, 5.74) is 4.59. The molecule has 0 saturated carbocycles. The highest BCUT2D eigenvalue weighted by molar-refractivity contribution is 6.09. The van der Waals surface area contributed by atoms with E-state index in [0.717, 1.165) is 62.9 Å². The first kappa shape index (κ1) is 31.3. The molecule has 2 heterocycles. The molecule has 1 saturated heterocycles. The van der Waals surface area contributed by atoms with Gasteiger partial charge < -0.3 is 23.8 Å². The molecule has 5 nitrogen and oxygen atoms in total. The van der Waals surface area contributed by atoms with Crippen LogP contribution in [0, 0.1) is 0 Å². The van der Waals surface area contributed by atoms with Gasteiger partial charge in [-0.1, -0.05) is 68.5 Å². The smallest absolute Gasteiger partial charge is 0.416 e. The van der Waals surface area contributed by atoms with Crippen molar-refractivity contribution in [2.45, 2.75) is 31.0 Å². The molecule has 49 heavy (non-hydrogen) atoms. The van der Waals surface area contributed by atoms with E-state index < -0.39 is 22.8 Å². The van der Waals surface area contributed by atoms with Crippen molar-refractivity contribution in [3.63, 3.8) is 0 Å². The SMILES string of the molecule is COc1cc2c3c(c4c(c2cc1OC)-c1ccc(C(F)(F)F)cc1C4(C)C)C=CC(c1ccccc1)(c1ccc(N2CCOCC2)cc1)O3. The van der Waals surface area contributed by atoms with Crippen molar-refractivity contribution in [2.24, 2.45) is 0 Å². The molecular weight excluding hydrogens is 627 g/mol. The molecule has 1 unspecified atom stereocenters. The third kappa shape index (κ3) is 4.79. The predicted molar refractivity (Wildman–Crippen MR) is 186 cm³/mol. The van der Waals surface area contributed by atoms with Crippen molar-refractivity contribution in [3.05, 3.63) is 124 Å². The van der Waals surface area contributed by atoms with E-state index in [-0.39, 0.29) is 0 Å². The highest BCUT2D eigenvalue weighted by Crippen LogP contribution is 2.59. The molecule has 0 aromatic heterocycles. The lowest BCUT2D eigenvalue weighted by molar-refractivity contribution is -0.137. The zero-order valence-electron chi connectivity index (χ0n) is 27.8. The quantitative estimate of drug-likeness (QED) is 0.188. The van der Waals surface area contributed by atoms with Gasteiger partial charge >= 0.3 is 6.18 Å². The molecule has 0 N–H and O–H groups in total. The number of rotatable bonds is 5. The fourth-order valence-electron chi connectivity index (χ4n) is 7.89. The van der Waals surface area contributed by atoms with Gasteiger partial charge in [-0.05, 0) is 70.1 Å². The Morgan fingerprint density at radius 1 is 0.776 bits per heavy atom. The van der Waals surface area contributed by atoms with Gasteiger partial charge in [-0.3, -0.25) is 0 Å². The number of hydrogen-bond acceptors (Lipinski definition) is 5. The zero-order valence-corrected chi connectivity index (χ0v) is 27.8. The fraction of sp³-hybridized carbons (Fsp3) is 0.268. The van der Waals surface area contributed by atoms with Crippen molar-refractivity contribution in [1.82, 2.24) is 0 Å². The van der Waals surface area contributed by atoms with Crippen LogP contribution in [-0.4, -0.2) is 40.5 Å². The number of methoxy groups -OCH3 is 2. The highest BCUT2D eigenvalue weighted by Gasteiger charge is 2.45. The van der Waals surface area contributed by atoms with Crippen molar-refractivity contribution in [3.8, 4) is 28.4 Å². The van der Waals surface area contributed by atoms with Gasteiger partial charge in [-0.15, -0.1) is 0 Å². The molecule has 1 fully saturated rings. The van der Waals surface area contributed by atoms with Crippen LogP contribution in [0.5, 0.6) is 17.2 Å². The average molecular weight is 664 g/mol. The van der Waals surface area contributed by atoms with Gasteiger partial charge in [0.2, 0.25) is 0 Å². The van der Waals surface area contributed by atoms with Gasteiger partial charge in [-0.25, -0.2) is 0 Å². The molecule has 250 valence electrons. The summed E-state index contributed by atoms with van der Waals surface area (Å²) in [4.78, 5) is 2.32. The number of morpholine rings is 1. The van der Waals surface area contributed by atoms with Crippen LogP contribution in [0.3, 0.4) is 0 Å². The monoisotopic (exact) mass is 663 g/mol. The minimum atomic E-state index is -4.46. The number of fused-ring (bicyclic) bond motifs is 8. The fourth-order valence-corrected chi connectivity index (χ4v) is 7.89. The predicted octanol–water partition coefficient (Wildman–Crippen LogP) is 9.37. The van der Waals surface area contributed by atoms with E-state index in [1.807, 2.05) is 44.2 Å². The largest absolute Gasteiger partial charge is 0.493 e. The molecule has 5 aromatic carbocycles. The molecule has 5 aromatic rings. The van der Waals surface area contributed by atoms with Crippen molar-refractivity contribution in [1.29, 1.82) is 0 Å². The van der Waals surface area contributed by atoms with E-state index in [0.29, 0.717) is 36.0 Å². The van der Waals surface area contributed by atoms with Crippen molar-refractivity contribution >= 4 is 22.5 Å². The maximum atomic E-state index is 14.0. The number of alkyl halides is 3. The summed E-state index contributed by atoms with van der Waals surface area (Å²) < 4.78 is 66.5. The van der Waals surface area contributed by atoms with E-state index in [2.05, 4.69) is 53.5 Å². The van der Waals surface area contributed by atoms with Gasteiger partial charge in [0.15, 0.2) is 17.1 Å². The van der Waals surface area contributed by atoms with Gasteiger partial charge in [0.05, 0.1) is 33.0 Å². The van der Waals surface area contributed by atoms with Crippen molar-refractivity contribution < 1.29 is 32.1 Å². The molecule has 0 radical (unpaired) electrons. The Morgan fingerprint density at radius 3 is 2.08 bits per heavy atom. The Balaban J connectivity index is 1.39. The summed E-state index contributed by atoms with van der Waals surface area (Å²) in [6.45, 7) is 7.03. The first-order chi connectivity index (χ1) is 23.6. The highest BCUT2D eigenvalue weighted by atomic mass is 19.4. The molecule has 2 aliphatic heterocycles. The molecule has 1 aliphatic carbocycles. The first-order valence-electron chi connectivity index (χ1n) is 16.4. The van der Waals surface area contributed by atoms with E-state index >= 15 is 0 Å². The molecular formula is C41H36F3NO4. The third-order valence-corrected chi connectivity index (χ3v) is 10.3. The van der Waals surface area contributed by atoms with Gasteiger partial charge in [0.25, 0.3) is 0 Å². The minimum Gasteiger partial charge on any atom is -0.493 e. The Hall–Kier alpha value is -4.95. The van der Waals surface area contributed by atoms with Crippen LogP contribution >= 0.6 is 0 Å². The number of benzene rings is 5. The van der Waals surface area contributed by atoms with E-state index in [9.17, 15) is 13.2 Å². The first-order valence-corrected chi connectivity index (χ1v) is 16.4.